The second-order valence-corrected chi connectivity index (χ2v) is 9.93. The van der Waals surface area contributed by atoms with Crippen LogP contribution in [-0.2, 0) is 22.9 Å². The fourth-order valence-electron chi connectivity index (χ4n) is 2.93. The monoisotopic (exact) mass is 432 g/mol. The average Bonchev–Trinajstić information content (AvgIpc) is 3.40. The van der Waals surface area contributed by atoms with Crippen LogP contribution in [0, 0.1) is 0 Å². The summed E-state index contributed by atoms with van der Waals surface area (Å²) in [5.74, 6) is 0.704. The van der Waals surface area contributed by atoms with Gasteiger partial charge in [0.1, 0.15) is 0 Å². The van der Waals surface area contributed by atoms with E-state index in [0.717, 1.165) is 33.9 Å². The summed E-state index contributed by atoms with van der Waals surface area (Å²) in [6.45, 7) is 2.41. The van der Waals surface area contributed by atoms with Crippen LogP contribution in [0.4, 0.5) is 0 Å². The molecular formula is C19H20N4O2S3. The predicted molar refractivity (Wildman–Crippen MR) is 114 cm³/mol. The number of benzene rings is 1. The minimum atomic E-state index is -3.52. The van der Waals surface area contributed by atoms with E-state index in [4.69, 9.17) is 0 Å². The Morgan fingerprint density at radius 3 is 2.64 bits per heavy atom. The molecule has 146 valence electrons. The second-order valence-electron chi connectivity index (χ2n) is 6.38. The number of sulfonamides is 1. The first-order valence-corrected chi connectivity index (χ1v) is 12.3. The molecule has 1 N–H and O–H groups in total. The van der Waals surface area contributed by atoms with Crippen LogP contribution in [0.25, 0.3) is 15.7 Å². The minimum absolute atomic E-state index is 0.295. The summed E-state index contributed by atoms with van der Waals surface area (Å²) in [6, 6.07) is 11.1. The Bertz CT molecular complexity index is 1160. The molecule has 0 saturated heterocycles. The molecule has 1 aromatic carbocycles. The Balaban J connectivity index is 1.43. The third-order valence-corrected chi connectivity index (χ3v) is 7.54. The first kappa shape index (κ1) is 19.3. The zero-order valence-corrected chi connectivity index (χ0v) is 17.8. The van der Waals surface area contributed by atoms with Crippen molar-refractivity contribution in [2.24, 2.45) is 0 Å². The van der Waals surface area contributed by atoms with Crippen LogP contribution in [0.15, 0.2) is 52.1 Å². The Morgan fingerprint density at radius 1 is 1.11 bits per heavy atom. The molecule has 0 bridgehead atoms. The van der Waals surface area contributed by atoms with Gasteiger partial charge in [-0.25, -0.2) is 17.7 Å². The van der Waals surface area contributed by atoms with Gasteiger partial charge in [-0.15, -0.1) is 27.8 Å². The Morgan fingerprint density at radius 2 is 1.93 bits per heavy atom. The van der Waals surface area contributed by atoms with E-state index in [1.54, 1.807) is 28.0 Å². The number of hydrogen-bond donors (Lipinski definition) is 1. The molecule has 0 fully saturated rings. The molecule has 28 heavy (non-hydrogen) atoms. The lowest BCUT2D eigenvalue weighted by atomic mass is 10.1. The van der Waals surface area contributed by atoms with Gasteiger partial charge in [-0.05, 0) is 35.6 Å². The number of rotatable bonds is 8. The van der Waals surface area contributed by atoms with E-state index < -0.39 is 10.0 Å². The first-order valence-electron chi connectivity index (χ1n) is 9.02. The maximum absolute atomic E-state index is 12.5. The fourth-order valence-corrected chi connectivity index (χ4v) is 5.47. The number of hydrogen-bond acceptors (Lipinski definition) is 6. The molecule has 0 saturated carbocycles. The molecule has 4 rings (SSSR count). The van der Waals surface area contributed by atoms with Crippen molar-refractivity contribution in [3.63, 3.8) is 0 Å². The number of fused-ring (bicyclic) bond motifs is 1. The molecule has 9 heteroatoms. The zero-order valence-electron chi connectivity index (χ0n) is 15.3. The van der Waals surface area contributed by atoms with E-state index in [0.29, 0.717) is 23.7 Å². The number of thiophene rings is 1. The number of thiazole rings is 1. The van der Waals surface area contributed by atoms with Gasteiger partial charge >= 0.3 is 0 Å². The van der Waals surface area contributed by atoms with Crippen molar-refractivity contribution < 1.29 is 8.42 Å². The van der Waals surface area contributed by atoms with Gasteiger partial charge in [0.05, 0.1) is 15.5 Å². The molecule has 3 heterocycles. The van der Waals surface area contributed by atoms with Gasteiger partial charge in [-0.2, -0.15) is 4.98 Å². The summed E-state index contributed by atoms with van der Waals surface area (Å²) >= 11 is 3.11. The molecule has 3 aromatic heterocycles. The first-order chi connectivity index (χ1) is 13.6. The van der Waals surface area contributed by atoms with Gasteiger partial charge in [0.25, 0.3) is 0 Å². The smallest absolute Gasteiger partial charge is 0.211 e. The highest BCUT2D eigenvalue weighted by atomic mass is 32.2. The molecular weight excluding hydrogens is 412 g/mol. The van der Waals surface area contributed by atoms with Crippen molar-refractivity contribution in [2.45, 2.75) is 31.1 Å². The summed E-state index contributed by atoms with van der Waals surface area (Å²) in [6.07, 6.45) is 2.53. The Hall–Kier alpha value is -2.07. The van der Waals surface area contributed by atoms with Crippen molar-refractivity contribution in [3.05, 3.63) is 58.4 Å². The van der Waals surface area contributed by atoms with Crippen molar-refractivity contribution in [1.82, 2.24) is 19.3 Å². The second kappa shape index (κ2) is 8.12. The van der Waals surface area contributed by atoms with Crippen molar-refractivity contribution in [1.29, 1.82) is 0 Å². The van der Waals surface area contributed by atoms with Crippen LogP contribution in [0.1, 0.15) is 24.6 Å². The SMILES string of the molecule is CCCc1ccc(S(=O)(=O)NCCc2csc3nc(-c4cccs4)nn23)cc1. The van der Waals surface area contributed by atoms with Crippen LogP contribution >= 0.6 is 22.7 Å². The van der Waals surface area contributed by atoms with Gasteiger partial charge < -0.3 is 0 Å². The van der Waals surface area contributed by atoms with Gasteiger partial charge in [0.2, 0.25) is 15.0 Å². The largest absolute Gasteiger partial charge is 0.240 e. The van der Waals surface area contributed by atoms with Crippen LogP contribution in [0.3, 0.4) is 0 Å². The maximum atomic E-state index is 12.5. The van der Waals surface area contributed by atoms with Crippen LogP contribution in [0.2, 0.25) is 0 Å². The summed E-state index contributed by atoms with van der Waals surface area (Å²) in [4.78, 5) is 6.68. The number of nitrogens with zero attached hydrogens (tertiary/aromatic N) is 3. The molecule has 0 aliphatic rings. The van der Waals surface area contributed by atoms with E-state index in [-0.39, 0.29) is 0 Å². The summed E-state index contributed by atoms with van der Waals surface area (Å²) in [5, 5.41) is 8.53. The van der Waals surface area contributed by atoms with Gasteiger partial charge in [0, 0.05) is 18.3 Å². The third kappa shape index (κ3) is 4.02. The molecule has 0 unspecified atom stereocenters. The van der Waals surface area contributed by atoms with E-state index in [2.05, 4.69) is 21.7 Å². The van der Waals surface area contributed by atoms with Crippen LogP contribution in [-0.4, -0.2) is 29.6 Å². The number of nitrogens with one attached hydrogen (secondary N) is 1. The molecule has 0 aliphatic heterocycles. The summed E-state index contributed by atoms with van der Waals surface area (Å²) in [5.41, 5.74) is 2.09. The molecule has 6 nitrogen and oxygen atoms in total. The van der Waals surface area contributed by atoms with Gasteiger partial charge in [0.15, 0.2) is 5.82 Å². The van der Waals surface area contributed by atoms with Crippen LogP contribution < -0.4 is 4.72 Å². The van der Waals surface area contributed by atoms with Crippen molar-refractivity contribution in [2.75, 3.05) is 6.54 Å². The highest BCUT2D eigenvalue weighted by Gasteiger charge is 2.15. The highest BCUT2D eigenvalue weighted by molar-refractivity contribution is 7.89. The van der Waals surface area contributed by atoms with E-state index in [1.807, 2.05) is 35.0 Å². The number of aryl methyl sites for hydroxylation is 1. The minimum Gasteiger partial charge on any atom is -0.211 e. The lowest BCUT2D eigenvalue weighted by Gasteiger charge is -2.07. The third-order valence-electron chi connectivity index (χ3n) is 4.34. The summed E-state index contributed by atoms with van der Waals surface area (Å²) in [7, 11) is -3.52. The van der Waals surface area contributed by atoms with Crippen LogP contribution in [0.5, 0.6) is 0 Å². The van der Waals surface area contributed by atoms with E-state index in [9.17, 15) is 8.42 Å². The predicted octanol–water partition coefficient (Wildman–Crippen LogP) is 3.99. The molecule has 0 amide bonds. The topological polar surface area (TPSA) is 76.4 Å². The maximum Gasteiger partial charge on any atom is 0.240 e. The number of aromatic nitrogens is 3. The molecule has 4 aromatic rings. The standard InChI is InChI=1S/C19H20N4O2S3/c1-2-4-14-6-8-16(9-7-14)28(24,25)20-11-10-15-13-27-19-21-18(22-23(15)19)17-5-3-12-26-17/h3,5-9,12-13,20H,2,4,10-11H2,1H3. The average molecular weight is 433 g/mol. The molecule has 0 radical (unpaired) electrons. The lowest BCUT2D eigenvalue weighted by Crippen LogP contribution is -2.26. The van der Waals surface area contributed by atoms with Crippen molar-refractivity contribution in [3.8, 4) is 10.7 Å². The molecule has 0 atom stereocenters. The normalized spacial score (nSPS) is 12.0. The van der Waals surface area contributed by atoms with Gasteiger partial charge in [-0.1, -0.05) is 31.5 Å². The molecule has 0 aliphatic carbocycles. The fraction of sp³-hybridized carbons (Fsp3) is 0.263. The van der Waals surface area contributed by atoms with E-state index >= 15 is 0 Å². The Kier molecular flexibility index (Phi) is 5.58. The zero-order chi connectivity index (χ0) is 19.6. The molecule has 0 spiro atoms. The highest BCUT2D eigenvalue weighted by Crippen LogP contribution is 2.24. The Labute approximate surface area is 171 Å². The summed E-state index contributed by atoms with van der Waals surface area (Å²) < 4.78 is 29.5. The van der Waals surface area contributed by atoms with Crippen molar-refractivity contribution >= 4 is 37.7 Å². The van der Waals surface area contributed by atoms with E-state index in [1.165, 1.54) is 11.3 Å². The lowest BCUT2D eigenvalue weighted by molar-refractivity contribution is 0.581. The quantitative estimate of drug-likeness (QED) is 0.457. The van der Waals surface area contributed by atoms with Gasteiger partial charge in [-0.3, -0.25) is 0 Å².